The minimum absolute atomic E-state index is 0.00762. The van der Waals surface area contributed by atoms with Gasteiger partial charge in [0.1, 0.15) is 37.6 Å². The van der Waals surface area contributed by atoms with E-state index in [4.69, 9.17) is 18.9 Å². The van der Waals surface area contributed by atoms with Gasteiger partial charge in [-0.2, -0.15) is 0 Å². The fourth-order valence-corrected chi connectivity index (χ4v) is 2.75. The highest BCUT2D eigenvalue weighted by Gasteiger charge is 2.42. The van der Waals surface area contributed by atoms with Crippen molar-refractivity contribution >= 4 is 6.16 Å². The lowest BCUT2D eigenvalue weighted by atomic mass is 10.1. The van der Waals surface area contributed by atoms with Gasteiger partial charge in [-0.15, -0.1) is 0 Å². The summed E-state index contributed by atoms with van der Waals surface area (Å²) in [5.41, 5.74) is 2.19. The molecule has 2 aliphatic heterocycles. The number of epoxide rings is 2. The Morgan fingerprint density at radius 1 is 0.750 bits per heavy atom. The van der Waals surface area contributed by atoms with Crippen LogP contribution < -0.4 is 0 Å². The highest BCUT2D eigenvalue weighted by Crippen LogP contribution is 2.39. The standard InChI is InChI=1S/C19H18O5/c20-19(21-11-15-17(23-15)13-7-3-1-4-8-13)22-12-16-18(24-16)14-9-5-2-6-10-14/h1-10,15-18H,11-12H2/t15-,16-,17-,18-/m0/s1. The van der Waals surface area contributed by atoms with E-state index in [0.717, 1.165) is 11.1 Å². The predicted molar refractivity (Wildman–Crippen MR) is 85.4 cm³/mol. The number of hydrogen-bond acceptors (Lipinski definition) is 5. The van der Waals surface area contributed by atoms with Crippen molar-refractivity contribution in [3.05, 3.63) is 71.8 Å². The lowest BCUT2D eigenvalue weighted by Crippen LogP contribution is -2.15. The Morgan fingerprint density at radius 2 is 1.17 bits per heavy atom. The van der Waals surface area contributed by atoms with Crippen molar-refractivity contribution in [3.63, 3.8) is 0 Å². The van der Waals surface area contributed by atoms with E-state index in [1.54, 1.807) is 0 Å². The molecule has 2 aromatic carbocycles. The van der Waals surface area contributed by atoms with Gasteiger partial charge in [0.25, 0.3) is 0 Å². The summed E-state index contributed by atoms with van der Waals surface area (Å²) in [4.78, 5) is 11.6. The zero-order valence-corrected chi connectivity index (χ0v) is 13.0. The van der Waals surface area contributed by atoms with E-state index in [1.807, 2.05) is 60.7 Å². The highest BCUT2D eigenvalue weighted by atomic mass is 16.7. The third-order valence-corrected chi connectivity index (χ3v) is 4.15. The summed E-state index contributed by atoms with van der Waals surface area (Å²) < 4.78 is 21.2. The van der Waals surface area contributed by atoms with Gasteiger partial charge < -0.3 is 18.9 Å². The van der Waals surface area contributed by atoms with E-state index in [1.165, 1.54) is 0 Å². The van der Waals surface area contributed by atoms with Crippen LogP contribution in [0.15, 0.2) is 60.7 Å². The molecule has 2 fully saturated rings. The third-order valence-electron chi connectivity index (χ3n) is 4.15. The summed E-state index contributed by atoms with van der Waals surface area (Å²) in [6, 6.07) is 19.7. The Labute approximate surface area is 140 Å². The molecule has 2 saturated heterocycles. The van der Waals surface area contributed by atoms with E-state index in [2.05, 4.69) is 0 Å². The van der Waals surface area contributed by atoms with E-state index in [0.29, 0.717) is 0 Å². The van der Waals surface area contributed by atoms with E-state index < -0.39 is 6.16 Å². The Balaban J connectivity index is 1.14. The van der Waals surface area contributed by atoms with Crippen molar-refractivity contribution in [1.82, 2.24) is 0 Å². The second kappa shape index (κ2) is 6.63. The molecule has 0 unspecified atom stereocenters. The molecule has 0 N–H and O–H groups in total. The topological polar surface area (TPSA) is 60.6 Å². The van der Waals surface area contributed by atoms with Gasteiger partial charge >= 0.3 is 6.16 Å². The summed E-state index contributed by atoms with van der Waals surface area (Å²) >= 11 is 0. The first kappa shape index (κ1) is 15.2. The van der Waals surface area contributed by atoms with Crippen LogP contribution in [0.25, 0.3) is 0 Å². The monoisotopic (exact) mass is 326 g/mol. The van der Waals surface area contributed by atoms with Crippen LogP contribution in [0.2, 0.25) is 0 Å². The SMILES string of the molecule is O=C(OC[C@@H]1O[C@H]1c1ccccc1)OC[C@@H]1O[C@H]1c1ccccc1. The number of hydrogen-bond donors (Lipinski definition) is 0. The maximum atomic E-state index is 11.6. The molecule has 5 heteroatoms. The fourth-order valence-electron chi connectivity index (χ4n) is 2.75. The van der Waals surface area contributed by atoms with E-state index >= 15 is 0 Å². The molecule has 2 aliphatic rings. The van der Waals surface area contributed by atoms with Crippen LogP contribution in [0.1, 0.15) is 23.3 Å². The molecule has 0 aliphatic carbocycles. The Hall–Kier alpha value is -2.37. The fraction of sp³-hybridized carbons (Fsp3) is 0.316. The molecule has 24 heavy (non-hydrogen) atoms. The lowest BCUT2D eigenvalue weighted by molar-refractivity contribution is 0.0460. The van der Waals surface area contributed by atoms with Crippen molar-refractivity contribution in [2.75, 3.05) is 13.2 Å². The molecule has 124 valence electrons. The van der Waals surface area contributed by atoms with Gasteiger partial charge in [0, 0.05) is 0 Å². The number of carbonyl (C=O) groups is 1. The largest absolute Gasteiger partial charge is 0.508 e. The summed E-state index contributed by atoms with van der Waals surface area (Å²) in [6.07, 6.45) is -0.843. The van der Waals surface area contributed by atoms with E-state index in [-0.39, 0.29) is 37.6 Å². The Morgan fingerprint density at radius 3 is 1.58 bits per heavy atom. The zero-order valence-electron chi connectivity index (χ0n) is 13.0. The third kappa shape index (κ3) is 3.58. The van der Waals surface area contributed by atoms with Gasteiger partial charge in [-0.25, -0.2) is 4.79 Å². The van der Waals surface area contributed by atoms with Gasteiger partial charge in [0.15, 0.2) is 0 Å². The summed E-state index contributed by atoms with van der Waals surface area (Å²) in [5.74, 6) is 0. The first-order valence-corrected chi connectivity index (χ1v) is 8.01. The number of ether oxygens (including phenoxy) is 4. The average molecular weight is 326 g/mol. The normalized spacial score (nSPS) is 27.3. The van der Waals surface area contributed by atoms with Gasteiger partial charge in [-0.05, 0) is 11.1 Å². The molecule has 2 heterocycles. The van der Waals surface area contributed by atoms with Crippen molar-refractivity contribution < 1.29 is 23.7 Å². The van der Waals surface area contributed by atoms with Crippen molar-refractivity contribution in [2.24, 2.45) is 0 Å². The first-order chi connectivity index (χ1) is 11.8. The predicted octanol–water partition coefficient (Wildman–Crippen LogP) is 3.42. The number of rotatable bonds is 6. The molecule has 2 aromatic rings. The maximum absolute atomic E-state index is 11.6. The second-order valence-corrected chi connectivity index (χ2v) is 5.88. The molecule has 0 bridgehead atoms. The molecule has 0 aromatic heterocycles. The summed E-state index contributed by atoms with van der Waals surface area (Å²) in [5, 5.41) is 0. The minimum Gasteiger partial charge on any atom is -0.431 e. The van der Waals surface area contributed by atoms with Crippen molar-refractivity contribution in [3.8, 4) is 0 Å². The van der Waals surface area contributed by atoms with Crippen molar-refractivity contribution in [2.45, 2.75) is 24.4 Å². The molecule has 5 nitrogen and oxygen atoms in total. The summed E-state index contributed by atoms with van der Waals surface area (Å²) in [6.45, 7) is 0.401. The van der Waals surface area contributed by atoms with Crippen LogP contribution in [0.5, 0.6) is 0 Å². The molecule has 0 radical (unpaired) electrons. The quantitative estimate of drug-likeness (QED) is 0.601. The average Bonchev–Trinajstić information content (AvgIpc) is 3.54. The molecule has 0 amide bonds. The van der Waals surface area contributed by atoms with Crippen LogP contribution >= 0.6 is 0 Å². The number of benzene rings is 2. The molecule has 0 spiro atoms. The lowest BCUT2D eigenvalue weighted by Gasteiger charge is -2.03. The molecule has 4 rings (SSSR count). The van der Waals surface area contributed by atoms with Gasteiger partial charge in [0.2, 0.25) is 0 Å². The van der Waals surface area contributed by atoms with Crippen LogP contribution in [0.4, 0.5) is 4.79 Å². The zero-order chi connectivity index (χ0) is 16.4. The first-order valence-electron chi connectivity index (χ1n) is 8.01. The second-order valence-electron chi connectivity index (χ2n) is 5.88. The van der Waals surface area contributed by atoms with Crippen LogP contribution in [-0.4, -0.2) is 31.6 Å². The molecular formula is C19H18O5. The smallest absolute Gasteiger partial charge is 0.431 e. The Kier molecular flexibility index (Phi) is 4.19. The minimum atomic E-state index is -0.681. The van der Waals surface area contributed by atoms with Crippen molar-refractivity contribution in [1.29, 1.82) is 0 Å². The molecular weight excluding hydrogens is 308 g/mol. The van der Waals surface area contributed by atoms with Crippen LogP contribution in [-0.2, 0) is 18.9 Å². The van der Waals surface area contributed by atoms with E-state index in [9.17, 15) is 4.79 Å². The maximum Gasteiger partial charge on any atom is 0.508 e. The van der Waals surface area contributed by atoms with Gasteiger partial charge in [-0.3, -0.25) is 0 Å². The molecule has 4 atom stereocenters. The van der Waals surface area contributed by atoms with Gasteiger partial charge in [0.05, 0.1) is 0 Å². The number of carbonyl (C=O) groups excluding carboxylic acids is 1. The molecule has 0 saturated carbocycles. The van der Waals surface area contributed by atoms with Gasteiger partial charge in [-0.1, -0.05) is 60.7 Å². The highest BCUT2D eigenvalue weighted by molar-refractivity contribution is 5.60. The Bertz CT molecular complexity index is 628. The van der Waals surface area contributed by atoms with Crippen LogP contribution in [0, 0.1) is 0 Å². The van der Waals surface area contributed by atoms with Crippen LogP contribution in [0.3, 0.4) is 0 Å². The summed E-state index contributed by atoms with van der Waals surface area (Å²) in [7, 11) is 0.